The molecule has 6 heteroatoms. The largest absolute Gasteiger partial charge is 0.330 e. The fraction of sp³-hybridized carbons (Fsp3) is 0.538. The fourth-order valence-electron chi connectivity index (χ4n) is 1.70. The Morgan fingerprint density at radius 2 is 1.84 bits per heavy atom. The second-order valence-corrected chi connectivity index (χ2v) is 6.45. The van der Waals surface area contributed by atoms with E-state index in [4.69, 9.17) is 5.73 Å². The van der Waals surface area contributed by atoms with Gasteiger partial charge in [-0.3, -0.25) is 4.31 Å². The molecule has 5 nitrogen and oxygen atoms in total. The van der Waals surface area contributed by atoms with Crippen LogP contribution in [0.15, 0.2) is 24.3 Å². The van der Waals surface area contributed by atoms with E-state index in [9.17, 15) is 8.42 Å². The van der Waals surface area contributed by atoms with Crippen LogP contribution in [0.4, 0.5) is 5.69 Å². The molecule has 1 aromatic carbocycles. The van der Waals surface area contributed by atoms with Gasteiger partial charge in [-0.15, -0.1) is 0 Å². The predicted molar refractivity (Wildman–Crippen MR) is 79.4 cm³/mol. The van der Waals surface area contributed by atoms with E-state index < -0.39 is 10.2 Å². The van der Waals surface area contributed by atoms with Crippen molar-refractivity contribution >= 4 is 15.9 Å². The number of hydrogen-bond acceptors (Lipinski definition) is 3. The van der Waals surface area contributed by atoms with Crippen LogP contribution in [-0.4, -0.2) is 27.5 Å². The summed E-state index contributed by atoms with van der Waals surface area (Å²) in [7, 11) is -3.53. The number of benzene rings is 1. The molecule has 0 fully saturated rings. The Hall–Kier alpha value is -1.11. The van der Waals surface area contributed by atoms with Crippen molar-refractivity contribution < 1.29 is 8.42 Å². The molecule has 0 unspecified atom stereocenters. The molecule has 0 saturated carbocycles. The number of aryl methyl sites for hydroxylation is 1. The van der Waals surface area contributed by atoms with Crippen molar-refractivity contribution in [2.75, 3.05) is 17.4 Å². The number of anilines is 1. The zero-order valence-corrected chi connectivity index (χ0v) is 12.6. The normalized spacial score (nSPS) is 11.8. The molecule has 3 N–H and O–H groups in total. The van der Waals surface area contributed by atoms with Crippen molar-refractivity contribution in [1.29, 1.82) is 0 Å². The lowest BCUT2D eigenvalue weighted by Crippen LogP contribution is -2.44. The Labute approximate surface area is 116 Å². The van der Waals surface area contributed by atoms with Gasteiger partial charge >= 0.3 is 10.2 Å². The maximum absolute atomic E-state index is 12.3. The van der Waals surface area contributed by atoms with Gasteiger partial charge < -0.3 is 5.73 Å². The molecule has 19 heavy (non-hydrogen) atoms. The van der Waals surface area contributed by atoms with Gasteiger partial charge in [-0.1, -0.05) is 17.7 Å². The molecule has 0 aliphatic heterocycles. The standard InChI is InChI=1S/C13H23N3O2S/c1-11(2)15-19(17,18)16(10-4-9-14)13-7-5-12(3)6-8-13/h5-8,11,15H,4,9-10,14H2,1-3H3. The van der Waals surface area contributed by atoms with Gasteiger partial charge in [0, 0.05) is 12.6 Å². The lowest BCUT2D eigenvalue weighted by Gasteiger charge is -2.25. The smallest absolute Gasteiger partial charge is 0.301 e. The van der Waals surface area contributed by atoms with Crippen molar-refractivity contribution in [3.63, 3.8) is 0 Å². The molecule has 0 amide bonds. The maximum atomic E-state index is 12.3. The molecule has 0 aliphatic carbocycles. The van der Waals surface area contributed by atoms with E-state index in [1.54, 1.807) is 13.8 Å². The van der Waals surface area contributed by atoms with Crippen LogP contribution in [0.3, 0.4) is 0 Å². The maximum Gasteiger partial charge on any atom is 0.301 e. The summed E-state index contributed by atoms with van der Waals surface area (Å²) in [6.45, 7) is 6.40. The summed E-state index contributed by atoms with van der Waals surface area (Å²) in [6.07, 6.45) is 0.618. The number of rotatable bonds is 7. The molecule has 0 radical (unpaired) electrons. The highest BCUT2D eigenvalue weighted by molar-refractivity contribution is 7.90. The summed E-state index contributed by atoms with van der Waals surface area (Å²) < 4.78 is 28.6. The summed E-state index contributed by atoms with van der Waals surface area (Å²) >= 11 is 0. The second-order valence-electron chi connectivity index (χ2n) is 4.83. The first kappa shape index (κ1) is 15.9. The van der Waals surface area contributed by atoms with Gasteiger partial charge in [-0.2, -0.15) is 13.1 Å². The van der Waals surface area contributed by atoms with Crippen LogP contribution in [0.5, 0.6) is 0 Å². The van der Waals surface area contributed by atoms with Crippen LogP contribution >= 0.6 is 0 Å². The van der Waals surface area contributed by atoms with Crippen molar-refractivity contribution in [3.05, 3.63) is 29.8 Å². The Kier molecular flexibility index (Phi) is 5.78. The quantitative estimate of drug-likeness (QED) is 0.795. The summed E-state index contributed by atoms with van der Waals surface area (Å²) in [5.74, 6) is 0. The van der Waals surface area contributed by atoms with E-state index in [1.807, 2.05) is 31.2 Å². The van der Waals surface area contributed by atoms with E-state index in [2.05, 4.69) is 4.72 Å². The number of hydrogen-bond donors (Lipinski definition) is 2. The minimum absolute atomic E-state index is 0.143. The van der Waals surface area contributed by atoms with Gasteiger partial charge in [-0.05, 0) is 45.9 Å². The highest BCUT2D eigenvalue weighted by Gasteiger charge is 2.22. The SMILES string of the molecule is Cc1ccc(N(CCCN)S(=O)(=O)NC(C)C)cc1. The van der Waals surface area contributed by atoms with Gasteiger partial charge in [0.25, 0.3) is 0 Å². The number of nitrogens with one attached hydrogen (secondary N) is 1. The highest BCUT2D eigenvalue weighted by Crippen LogP contribution is 2.18. The van der Waals surface area contributed by atoms with Crippen molar-refractivity contribution in [3.8, 4) is 0 Å². The van der Waals surface area contributed by atoms with Gasteiger partial charge in [0.05, 0.1) is 5.69 Å². The van der Waals surface area contributed by atoms with Crippen LogP contribution in [0.1, 0.15) is 25.8 Å². The third kappa shape index (κ3) is 4.81. The first-order chi connectivity index (χ1) is 8.86. The predicted octanol–water partition coefficient (Wildman–Crippen LogP) is 1.39. The molecule has 0 saturated heterocycles. The molecular formula is C13H23N3O2S. The van der Waals surface area contributed by atoms with Gasteiger partial charge in [0.15, 0.2) is 0 Å². The average Bonchev–Trinajstić information content (AvgIpc) is 2.30. The minimum Gasteiger partial charge on any atom is -0.330 e. The third-order valence-corrected chi connectivity index (χ3v) is 4.30. The van der Waals surface area contributed by atoms with Crippen LogP contribution in [-0.2, 0) is 10.2 Å². The highest BCUT2D eigenvalue weighted by atomic mass is 32.2. The van der Waals surface area contributed by atoms with Gasteiger partial charge in [0.1, 0.15) is 0 Å². The van der Waals surface area contributed by atoms with E-state index >= 15 is 0 Å². The second kappa shape index (κ2) is 6.88. The molecule has 108 valence electrons. The minimum atomic E-state index is -3.53. The first-order valence-corrected chi connectivity index (χ1v) is 7.87. The molecule has 0 aromatic heterocycles. The summed E-state index contributed by atoms with van der Waals surface area (Å²) in [5.41, 5.74) is 7.24. The molecule has 1 aromatic rings. The van der Waals surface area contributed by atoms with Crippen molar-refractivity contribution in [1.82, 2.24) is 4.72 Å². The molecule has 0 spiro atoms. The van der Waals surface area contributed by atoms with E-state index in [0.717, 1.165) is 5.56 Å². The topological polar surface area (TPSA) is 75.4 Å². The zero-order chi connectivity index (χ0) is 14.5. The first-order valence-electron chi connectivity index (χ1n) is 6.43. The summed E-state index contributed by atoms with van der Waals surface area (Å²) in [4.78, 5) is 0. The fourth-order valence-corrected chi connectivity index (χ4v) is 3.19. The van der Waals surface area contributed by atoms with E-state index in [-0.39, 0.29) is 6.04 Å². The molecular weight excluding hydrogens is 262 g/mol. The van der Waals surface area contributed by atoms with Crippen molar-refractivity contribution in [2.24, 2.45) is 5.73 Å². The Morgan fingerprint density at radius 1 is 1.26 bits per heavy atom. The lowest BCUT2D eigenvalue weighted by molar-refractivity contribution is 0.563. The Morgan fingerprint density at radius 3 is 2.32 bits per heavy atom. The number of nitrogens with zero attached hydrogens (tertiary/aromatic N) is 1. The molecule has 0 aliphatic rings. The molecule has 0 heterocycles. The summed E-state index contributed by atoms with van der Waals surface area (Å²) in [5, 5.41) is 0. The lowest BCUT2D eigenvalue weighted by atomic mass is 10.2. The van der Waals surface area contributed by atoms with E-state index in [1.165, 1.54) is 4.31 Å². The van der Waals surface area contributed by atoms with Crippen LogP contribution in [0.2, 0.25) is 0 Å². The van der Waals surface area contributed by atoms with Gasteiger partial charge in [0.2, 0.25) is 0 Å². The van der Waals surface area contributed by atoms with Crippen LogP contribution in [0, 0.1) is 6.92 Å². The Bertz CT molecular complexity index is 483. The Balaban J connectivity index is 3.03. The van der Waals surface area contributed by atoms with Crippen LogP contribution in [0.25, 0.3) is 0 Å². The molecule has 0 atom stereocenters. The van der Waals surface area contributed by atoms with Gasteiger partial charge in [-0.25, -0.2) is 0 Å². The van der Waals surface area contributed by atoms with Crippen LogP contribution < -0.4 is 14.8 Å². The van der Waals surface area contributed by atoms with E-state index in [0.29, 0.717) is 25.2 Å². The average molecular weight is 285 g/mol. The molecule has 1 rings (SSSR count). The monoisotopic (exact) mass is 285 g/mol. The summed E-state index contributed by atoms with van der Waals surface area (Å²) in [6, 6.07) is 7.28. The zero-order valence-electron chi connectivity index (χ0n) is 11.8. The van der Waals surface area contributed by atoms with Crippen molar-refractivity contribution in [2.45, 2.75) is 33.2 Å². The molecule has 0 bridgehead atoms. The number of nitrogens with two attached hydrogens (primary N) is 1. The third-order valence-electron chi connectivity index (χ3n) is 2.56.